The second-order valence-electron chi connectivity index (χ2n) is 25.1. The third-order valence-electron chi connectivity index (χ3n) is 16.0. The van der Waals surface area contributed by atoms with Crippen LogP contribution in [0.5, 0.6) is 17.2 Å². The molecular weight excluding hydrogens is 992 g/mol. The number of hydrogen-bond acceptors (Lipinski definition) is 9. The van der Waals surface area contributed by atoms with E-state index in [1.807, 2.05) is 0 Å². The predicted molar refractivity (Wildman–Crippen MR) is 287 cm³/mol. The van der Waals surface area contributed by atoms with Gasteiger partial charge in [-0.25, -0.2) is 0 Å². The van der Waals surface area contributed by atoms with Gasteiger partial charge >= 0.3 is 0 Å². The van der Waals surface area contributed by atoms with Crippen LogP contribution in [0.3, 0.4) is 0 Å². The van der Waals surface area contributed by atoms with Crippen LogP contribution in [-0.2, 0) is 55.5 Å². The fourth-order valence-electron chi connectivity index (χ4n) is 11.4. The van der Waals surface area contributed by atoms with E-state index in [1.165, 1.54) is 172 Å². The van der Waals surface area contributed by atoms with Crippen LogP contribution in [0.1, 0.15) is 189 Å². The number of benzene rings is 3. The first-order chi connectivity index (χ1) is 32.8. The van der Waals surface area contributed by atoms with Gasteiger partial charge in [-0.1, -0.05) is 98.7 Å². The molecule has 0 atom stereocenters. The number of nitrogens with zero attached hydrogens (tertiary/aromatic N) is 6. The minimum atomic E-state index is 0. The van der Waals surface area contributed by atoms with Crippen LogP contribution < -0.4 is 0 Å². The fourth-order valence-corrected chi connectivity index (χ4v) is 11.4. The summed E-state index contributed by atoms with van der Waals surface area (Å²) < 4.78 is 0. The second kappa shape index (κ2) is 26.0. The van der Waals surface area contributed by atoms with E-state index in [1.54, 1.807) is 0 Å². The maximum atomic E-state index is 10.8. The fraction of sp³-hybridized carbons (Fsp3) is 0.700. The number of rotatable bonds is 12. The second-order valence-corrected chi connectivity index (χ2v) is 25.1. The molecule has 6 aliphatic rings. The van der Waals surface area contributed by atoms with E-state index in [9.17, 15) is 15.3 Å². The topological polar surface area (TPSA) is 80.1 Å². The summed E-state index contributed by atoms with van der Waals surface area (Å²) in [6, 6.07) is 13.4. The SMILES string of the molecule is CC(C)(C)c1cc(CN2CCCC2)c(O)c(CN2CCCC2)c1.CC(C)(C)c1cc(CN2CCCC2)c(O)c(CN2CCCC2)c1.CC(C)(C)c1cc(CN2CCCC2)c(O)c(CN2CCCC2)c1.[La]. The molecule has 6 fully saturated rings. The normalized spacial score (nSPS) is 20.2. The molecule has 0 aromatic heterocycles. The van der Waals surface area contributed by atoms with Crippen molar-refractivity contribution >= 4 is 0 Å². The molecule has 0 spiro atoms. The molecule has 3 N–H and O–H groups in total. The molecule has 3 aromatic rings. The van der Waals surface area contributed by atoms with Crippen LogP contribution in [-0.4, -0.2) is 123 Å². The van der Waals surface area contributed by atoms with E-state index >= 15 is 0 Å². The summed E-state index contributed by atoms with van der Waals surface area (Å²) in [7, 11) is 0. The molecule has 0 aliphatic carbocycles. The molecule has 70 heavy (non-hydrogen) atoms. The Hall–Kier alpha value is -1.99. The summed E-state index contributed by atoms with van der Waals surface area (Å²) in [6.07, 6.45) is 15.5. The summed E-state index contributed by atoms with van der Waals surface area (Å²) in [5, 5.41) is 32.5. The third kappa shape index (κ3) is 16.5. The van der Waals surface area contributed by atoms with Crippen molar-refractivity contribution in [2.24, 2.45) is 0 Å². The average Bonchev–Trinajstić information content (AvgIpc) is 4.14. The van der Waals surface area contributed by atoms with E-state index in [0.29, 0.717) is 17.2 Å². The van der Waals surface area contributed by atoms with Crippen molar-refractivity contribution in [3.05, 3.63) is 86.5 Å². The Morgan fingerprint density at radius 1 is 0.286 bits per heavy atom. The van der Waals surface area contributed by atoms with Gasteiger partial charge in [-0.2, -0.15) is 0 Å². The van der Waals surface area contributed by atoms with Gasteiger partial charge in [-0.05, 0) is 189 Å². The van der Waals surface area contributed by atoms with Gasteiger partial charge in [0, 0.05) is 108 Å². The Bertz CT molecular complexity index is 1730. The van der Waals surface area contributed by atoms with Crippen LogP contribution in [0.25, 0.3) is 0 Å². The Morgan fingerprint density at radius 2 is 0.414 bits per heavy atom. The van der Waals surface area contributed by atoms with Gasteiger partial charge in [0.25, 0.3) is 0 Å². The molecule has 6 heterocycles. The molecule has 9 rings (SSSR count). The number of aromatic hydroxyl groups is 3. The minimum Gasteiger partial charge on any atom is -0.507 e. The van der Waals surface area contributed by atoms with E-state index in [0.717, 1.165) is 72.6 Å². The molecule has 0 saturated carbocycles. The number of likely N-dealkylation sites (tertiary alicyclic amines) is 6. The van der Waals surface area contributed by atoms with E-state index in [4.69, 9.17) is 0 Å². The first-order valence-corrected chi connectivity index (χ1v) is 27.7. The van der Waals surface area contributed by atoms with Crippen molar-refractivity contribution in [1.82, 2.24) is 29.4 Å². The van der Waals surface area contributed by atoms with Crippen molar-refractivity contribution < 1.29 is 50.9 Å². The van der Waals surface area contributed by atoms with Gasteiger partial charge in [0.2, 0.25) is 0 Å². The van der Waals surface area contributed by atoms with Gasteiger partial charge in [0.05, 0.1) is 0 Å². The Balaban J connectivity index is 0.000000171. The van der Waals surface area contributed by atoms with Crippen LogP contribution in [0, 0.1) is 35.6 Å². The zero-order chi connectivity index (χ0) is 49.3. The first-order valence-electron chi connectivity index (χ1n) is 27.7. The molecule has 387 valence electrons. The van der Waals surface area contributed by atoms with Crippen molar-refractivity contribution in [2.75, 3.05) is 78.5 Å². The Labute approximate surface area is 454 Å². The van der Waals surface area contributed by atoms with Crippen LogP contribution in [0.4, 0.5) is 0 Å². The summed E-state index contributed by atoms with van der Waals surface area (Å²) in [6.45, 7) is 39.7. The van der Waals surface area contributed by atoms with Crippen molar-refractivity contribution in [1.29, 1.82) is 0 Å². The van der Waals surface area contributed by atoms with Crippen molar-refractivity contribution in [2.45, 2.75) is 195 Å². The molecule has 1 radical (unpaired) electrons. The van der Waals surface area contributed by atoms with E-state index < -0.39 is 0 Å². The predicted octanol–water partition coefficient (Wildman–Crippen LogP) is 11.6. The molecule has 9 nitrogen and oxygen atoms in total. The molecule has 6 aliphatic heterocycles. The van der Waals surface area contributed by atoms with Crippen LogP contribution in [0.2, 0.25) is 0 Å². The summed E-state index contributed by atoms with van der Waals surface area (Å²) in [5.41, 5.74) is 11.1. The maximum Gasteiger partial charge on any atom is 0.124 e. The number of hydrogen-bond donors (Lipinski definition) is 3. The Morgan fingerprint density at radius 3 is 0.529 bits per heavy atom. The summed E-state index contributed by atoms with van der Waals surface area (Å²) in [5.74, 6) is 1.62. The van der Waals surface area contributed by atoms with Gasteiger partial charge < -0.3 is 15.3 Å². The number of phenolic OH excluding ortho intramolecular Hbond substituents is 3. The van der Waals surface area contributed by atoms with Gasteiger partial charge in [0.1, 0.15) is 17.2 Å². The maximum absolute atomic E-state index is 10.8. The standard InChI is InChI=1S/3C20H32N2O.La/c3*1-20(2,3)18-12-16(14-21-8-4-5-9-21)19(23)17(13-18)15-22-10-6-7-11-22;/h3*12-13,23H,4-11,14-15H2,1-3H3;. The largest absolute Gasteiger partial charge is 0.507 e. The van der Waals surface area contributed by atoms with E-state index in [-0.39, 0.29) is 51.8 Å². The van der Waals surface area contributed by atoms with Gasteiger partial charge in [-0.15, -0.1) is 0 Å². The zero-order valence-electron chi connectivity index (χ0n) is 45.8. The quantitative estimate of drug-likeness (QED) is 0.164. The molecule has 3 aromatic carbocycles. The summed E-state index contributed by atoms with van der Waals surface area (Å²) in [4.78, 5) is 14.8. The number of phenols is 3. The molecule has 0 amide bonds. The van der Waals surface area contributed by atoms with Gasteiger partial charge in [0.15, 0.2) is 0 Å². The molecule has 0 unspecified atom stereocenters. The van der Waals surface area contributed by atoms with Crippen molar-refractivity contribution in [3.8, 4) is 17.2 Å². The van der Waals surface area contributed by atoms with Crippen molar-refractivity contribution in [3.63, 3.8) is 0 Å². The molecule has 0 bridgehead atoms. The van der Waals surface area contributed by atoms with Crippen LogP contribution >= 0.6 is 0 Å². The van der Waals surface area contributed by atoms with E-state index in [2.05, 4.69) is 128 Å². The van der Waals surface area contributed by atoms with Crippen LogP contribution in [0.15, 0.2) is 36.4 Å². The average molecular weight is 1090 g/mol. The Kier molecular flexibility index (Phi) is 21.3. The van der Waals surface area contributed by atoms with Gasteiger partial charge in [-0.3, -0.25) is 29.4 Å². The minimum absolute atomic E-state index is 0. The summed E-state index contributed by atoms with van der Waals surface area (Å²) >= 11 is 0. The molecular formula is C60H96LaN6O3. The first kappa shape index (κ1) is 57.3. The molecule has 10 heteroatoms. The zero-order valence-corrected chi connectivity index (χ0v) is 49.4. The molecule has 6 saturated heterocycles. The third-order valence-corrected chi connectivity index (χ3v) is 16.0. The monoisotopic (exact) mass is 1090 g/mol. The smallest absolute Gasteiger partial charge is 0.124 e.